The van der Waals surface area contributed by atoms with Crippen molar-refractivity contribution in [2.45, 2.75) is 43.2 Å². The van der Waals surface area contributed by atoms with Crippen LogP contribution in [0.5, 0.6) is 0 Å². The number of thiol groups is 1. The molecule has 0 aliphatic carbocycles. The number of amides is 2. The third kappa shape index (κ3) is 5.41. The van der Waals surface area contributed by atoms with E-state index in [0.717, 1.165) is 12.1 Å². The molecule has 2 amide bonds. The van der Waals surface area contributed by atoms with Crippen LogP contribution in [0.4, 0.5) is 32.0 Å². The molecule has 2 aliphatic heterocycles. The Balaban J connectivity index is 1.64. The fourth-order valence-corrected chi connectivity index (χ4v) is 5.76. The van der Waals surface area contributed by atoms with Crippen LogP contribution in [-0.4, -0.2) is 68.7 Å². The average Bonchev–Trinajstić information content (AvgIpc) is 3.23. The zero-order valence-corrected chi connectivity index (χ0v) is 21.9. The molecular formula is C25H25F6N3O5S. The fourth-order valence-electron chi connectivity index (χ4n) is 5.26. The van der Waals surface area contributed by atoms with Gasteiger partial charge in [0.25, 0.3) is 5.91 Å². The van der Waals surface area contributed by atoms with Gasteiger partial charge in [-0.05, 0) is 34.4 Å². The van der Waals surface area contributed by atoms with E-state index in [2.05, 4.69) is 5.32 Å². The molecule has 1 N–H and O–H groups in total. The van der Waals surface area contributed by atoms with Crippen LogP contribution in [0, 0.1) is 0 Å². The highest BCUT2D eigenvalue weighted by Gasteiger charge is 2.74. The highest BCUT2D eigenvalue weighted by atomic mass is 32.2. The summed E-state index contributed by atoms with van der Waals surface area (Å²) >= 11 is 0. The van der Waals surface area contributed by atoms with E-state index in [-0.39, 0.29) is 31.2 Å². The second-order valence-electron chi connectivity index (χ2n) is 9.45. The molecule has 2 aliphatic rings. The standard InChI is InChI=1S/C25H25F6N3O5S/c1-15(35)34-13-17-12-16(14-40(37)38)2-7-20(17)21(34)22(36)32-19-5-3-18(4-6-19)23(24(26,27)28,25(29,30)31)33-8-10-39-11-9-33/h2-7,12,21,40H,8-11,13-14H2,1H3,(H,32,36). The molecule has 1 unspecified atom stereocenters. The zero-order chi connectivity index (χ0) is 29.5. The Labute approximate surface area is 226 Å². The lowest BCUT2D eigenvalue weighted by atomic mass is 9.85. The summed E-state index contributed by atoms with van der Waals surface area (Å²) in [4.78, 5) is 27.0. The molecule has 4 rings (SSSR count). The highest BCUT2D eigenvalue weighted by molar-refractivity contribution is 7.71. The molecule has 15 heteroatoms. The Morgan fingerprint density at radius 2 is 1.57 bits per heavy atom. The van der Waals surface area contributed by atoms with E-state index in [9.17, 15) is 44.3 Å². The van der Waals surface area contributed by atoms with Crippen molar-refractivity contribution >= 4 is 28.2 Å². The molecule has 0 radical (unpaired) electrons. The van der Waals surface area contributed by atoms with Crippen LogP contribution >= 0.6 is 0 Å². The van der Waals surface area contributed by atoms with E-state index in [1.807, 2.05) is 0 Å². The predicted molar refractivity (Wildman–Crippen MR) is 131 cm³/mol. The molecule has 218 valence electrons. The van der Waals surface area contributed by atoms with Crippen molar-refractivity contribution in [3.05, 3.63) is 64.7 Å². The van der Waals surface area contributed by atoms with Crippen molar-refractivity contribution in [1.29, 1.82) is 0 Å². The molecule has 0 aromatic heterocycles. The Kier molecular flexibility index (Phi) is 8.20. The van der Waals surface area contributed by atoms with Gasteiger partial charge in [0, 0.05) is 32.2 Å². The first-order valence-electron chi connectivity index (χ1n) is 12.0. The number of benzene rings is 2. The number of ether oxygens (including phenoxy) is 1. The maximum absolute atomic E-state index is 14.3. The van der Waals surface area contributed by atoms with E-state index in [1.54, 1.807) is 6.07 Å². The first kappa shape index (κ1) is 29.8. The SMILES string of the molecule is CC(=O)N1Cc2cc(C[SH](=O)=O)ccc2C1C(=O)Nc1ccc(C(N2CCOCC2)(C(F)(F)F)C(F)(F)F)cc1. The summed E-state index contributed by atoms with van der Waals surface area (Å²) < 4.78 is 113. The third-order valence-corrected chi connectivity index (χ3v) is 7.62. The van der Waals surface area contributed by atoms with Crippen LogP contribution < -0.4 is 5.32 Å². The van der Waals surface area contributed by atoms with Crippen LogP contribution in [-0.2, 0) is 42.9 Å². The molecule has 1 fully saturated rings. The van der Waals surface area contributed by atoms with Gasteiger partial charge in [-0.25, -0.2) is 8.42 Å². The van der Waals surface area contributed by atoms with Gasteiger partial charge in [0.15, 0.2) is 0 Å². The Morgan fingerprint density at radius 1 is 0.975 bits per heavy atom. The Bertz CT molecular complexity index is 1330. The van der Waals surface area contributed by atoms with Gasteiger partial charge < -0.3 is 15.0 Å². The van der Waals surface area contributed by atoms with Crippen molar-refractivity contribution in [2.75, 3.05) is 31.6 Å². The van der Waals surface area contributed by atoms with Gasteiger partial charge in [0.1, 0.15) is 16.7 Å². The second-order valence-corrected chi connectivity index (χ2v) is 10.4. The van der Waals surface area contributed by atoms with Crippen LogP contribution in [0.25, 0.3) is 0 Å². The van der Waals surface area contributed by atoms with Gasteiger partial charge >= 0.3 is 12.4 Å². The van der Waals surface area contributed by atoms with Gasteiger partial charge in [-0.1, -0.05) is 30.3 Å². The number of fused-ring (bicyclic) bond motifs is 1. The number of carbonyl (C=O) groups excluding carboxylic acids is 2. The van der Waals surface area contributed by atoms with Crippen LogP contribution in [0.3, 0.4) is 0 Å². The monoisotopic (exact) mass is 593 g/mol. The molecule has 0 spiro atoms. The minimum atomic E-state index is -5.72. The molecule has 40 heavy (non-hydrogen) atoms. The summed E-state index contributed by atoms with van der Waals surface area (Å²) in [6.07, 6.45) is -11.4. The molecule has 2 aromatic rings. The van der Waals surface area contributed by atoms with Gasteiger partial charge in [0.2, 0.25) is 11.4 Å². The van der Waals surface area contributed by atoms with Gasteiger partial charge in [-0.3, -0.25) is 14.5 Å². The number of hydrogen-bond donors (Lipinski definition) is 2. The highest BCUT2D eigenvalue weighted by Crippen LogP contribution is 2.54. The lowest BCUT2D eigenvalue weighted by Gasteiger charge is -2.47. The largest absolute Gasteiger partial charge is 0.420 e. The quantitative estimate of drug-likeness (QED) is 0.394. The molecule has 2 heterocycles. The molecule has 0 bridgehead atoms. The Hall–Kier alpha value is -3.17. The topological polar surface area (TPSA) is 96.0 Å². The number of morpholine rings is 1. The summed E-state index contributed by atoms with van der Waals surface area (Å²) in [7, 11) is -2.70. The molecule has 1 atom stereocenters. The number of rotatable bonds is 6. The summed E-state index contributed by atoms with van der Waals surface area (Å²) in [5.74, 6) is -1.43. The smallest absolute Gasteiger partial charge is 0.379 e. The Morgan fingerprint density at radius 3 is 2.10 bits per heavy atom. The minimum absolute atomic E-state index is 0.0183. The second kappa shape index (κ2) is 11.0. The number of nitrogens with one attached hydrogen (secondary N) is 1. The van der Waals surface area contributed by atoms with E-state index < -0.39 is 65.1 Å². The minimum Gasteiger partial charge on any atom is -0.379 e. The zero-order valence-electron chi connectivity index (χ0n) is 21.0. The van der Waals surface area contributed by atoms with E-state index in [4.69, 9.17) is 4.74 Å². The molecule has 2 aromatic carbocycles. The molecule has 1 saturated heterocycles. The van der Waals surface area contributed by atoms with Crippen molar-refractivity contribution in [3.63, 3.8) is 0 Å². The summed E-state index contributed by atoms with van der Waals surface area (Å²) in [6, 6.07) is 6.69. The van der Waals surface area contributed by atoms with Crippen LogP contribution in [0.2, 0.25) is 0 Å². The molecule has 8 nitrogen and oxygen atoms in total. The van der Waals surface area contributed by atoms with Gasteiger partial charge in [0.05, 0.1) is 19.0 Å². The lowest BCUT2D eigenvalue weighted by molar-refractivity contribution is -0.353. The lowest BCUT2D eigenvalue weighted by Crippen LogP contribution is -2.66. The van der Waals surface area contributed by atoms with Crippen molar-refractivity contribution < 1.29 is 49.1 Å². The first-order chi connectivity index (χ1) is 18.7. The number of carbonyl (C=O) groups is 2. The molecule has 0 saturated carbocycles. The fraction of sp³-hybridized carbons (Fsp3) is 0.440. The summed E-state index contributed by atoms with van der Waals surface area (Å²) in [5, 5.41) is 2.47. The number of anilines is 1. The van der Waals surface area contributed by atoms with E-state index in [0.29, 0.717) is 33.7 Å². The maximum Gasteiger partial charge on any atom is 0.420 e. The number of nitrogens with zero attached hydrogens (tertiary/aromatic N) is 2. The average molecular weight is 594 g/mol. The van der Waals surface area contributed by atoms with Gasteiger partial charge in [-0.2, -0.15) is 26.3 Å². The summed E-state index contributed by atoms with van der Waals surface area (Å²) in [6.45, 7) is -0.526. The first-order valence-corrected chi connectivity index (χ1v) is 13.4. The maximum atomic E-state index is 14.3. The van der Waals surface area contributed by atoms with Gasteiger partial charge in [-0.15, -0.1) is 0 Å². The normalized spacial score (nSPS) is 18.6. The molecular weight excluding hydrogens is 568 g/mol. The third-order valence-electron chi connectivity index (χ3n) is 6.99. The predicted octanol–water partition coefficient (Wildman–Crippen LogP) is 3.49. The van der Waals surface area contributed by atoms with Crippen molar-refractivity contribution in [2.24, 2.45) is 0 Å². The van der Waals surface area contributed by atoms with Crippen LogP contribution in [0.15, 0.2) is 42.5 Å². The number of alkyl halides is 6. The summed E-state index contributed by atoms with van der Waals surface area (Å²) in [5.41, 5.74) is -3.98. The number of halogens is 6. The van der Waals surface area contributed by atoms with Crippen LogP contribution in [0.1, 0.15) is 35.2 Å². The number of hydrogen-bond acceptors (Lipinski definition) is 6. The van der Waals surface area contributed by atoms with Crippen molar-refractivity contribution in [3.8, 4) is 0 Å². The van der Waals surface area contributed by atoms with E-state index >= 15 is 0 Å². The van der Waals surface area contributed by atoms with Crippen molar-refractivity contribution in [1.82, 2.24) is 9.80 Å². The van der Waals surface area contributed by atoms with E-state index in [1.165, 1.54) is 24.0 Å².